The van der Waals surface area contributed by atoms with Crippen LogP contribution in [0.5, 0.6) is 23.0 Å². The van der Waals surface area contributed by atoms with E-state index in [4.69, 9.17) is 49.0 Å². The van der Waals surface area contributed by atoms with Crippen LogP contribution < -0.4 is 14.2 Å². The number of nitrogens with zero attached hydrogens (tertiary/aromatic N) is 9. The maximum atomic E-state index is 9.33. The molecule has 3 aromatic heterocycles. The Labute approximate surface area is 421 Å². The van der Waals surface area contributed by atoms with E-state index < -0.39 is 0 Å². The van der Waals surface area contributed by atoms with Crippen LogP contribution in [0.3, 0.4) is 0 Å². The molecule has 0 saturated carbocycles. The molecule has 2 unspecified atom stereocenters. The molecule has 0 radical (unpaired) electrons. The topological polar surface area (TPSA) is 153 Å². The summed E-state index contributed by atoms with van der Waals surface area (Å²) in [5.41, 5.74) is 6.59. The molecule has 0 saturated heterocycles. The summed E-state index contributed by atoms with van der Waals surface area (Å²) in [6, 6.07) is 45.4. The van der Waals surface area contributed by atoms with E-state index in [0.29, 0.717) is 74.4 Å². The lowest BCUT2D eigenvalue weighted by Gasteiger charge is -2.17. The summed E-state index contributed by atoms with van der Waals surface area (Å²) in [6.07, 6.45) is 15.8. The Morgan fingerprint density at radius 3 is 1.33 bits per heavy atom. The SMILES string of the molecule is CC(Oc1cc(Cn2ccnc2)ccc1C#N)c1ccc(Cl)cc1.CC(Oc1cc(Cn2ccnc2)ccc1C#N)c1cccc(Cl)c1.N#Cc1ccc(Cn2ccnc2)cc1Oc1cccc(Cl)c1. The molecule has 12 nitrogen and oxygen atoms in total. The summed E-state index contributed by atoms with van der Waals surface area (Å²) < 4.78 is 23.8. The lowest BCUT2D eigenvalue weighted by atomic mass is 10.1. The van der Waals surface area contributed by atoms with Crippen molar-refractivity contribution in [2.75, 3.05) is 0 Å². The molecular formula is C55H44Cl3N9O3. The van der Waals surface area contributed by atoms with Gasteiger partial charge in [-0.1, -0.05) is 83.3 Å². The molecule has 6 aromatic carbocycles. The van der Waals surface area contributed by atoms with Crippen molar-refractivity contribution in [3.05, 3.63) is 243 Å². The minimum absolute atomic E-state index is 0.183. The van der Waals surface area contributed by atoms with Gasteiger partial charge in [0.25, 0.3) is 0 Å². The maximum absolute atomic E-state index is 9.33. The third kappa shape index (κ3) is 14.4. The average molecular weight is 985 g/mol. The third-order valence-electron chi connectivity index (χ3n) is 10.6. The van der Waals surface area contributed by atoms with Crippen molar-refractivity contribution in [3.8, 4) is 41.2 Å². The van der Waals surface area contributed by atoms with Gasteiger partial charge in [-0.25, -0.2) is 15.0 Å². The number of imidazole rings is 3. The van der Waals surface area contributed by atoms with Crippen molar-refractivity contribution in [1.29, 1.82) is 15.8 Å². The lowest BCUT2D eigenvalue weighted by molar-refractivity contribution is 0.226. The Kier molecular flexibility index (Phi) is 17.5. The average Bonchev–Trinajstić information content (AvgIpc) is 4.19. The Morgan fingerprint density at radius 1 is 0.471 bits per heavy atom. The first-order chi connectivity index (χ1) is 34.0. The molecular weight excluding hydrogens is 941 g/mol. The maximum Gasteiger partial charge on any atom is 0.145 e. The van der Waals surface area contributed by atoms with Crippen molar-refractivity contribution < 1.29 is 14.2 Å². The predicted molar refractivity (Wildman–Crippen MR) is 270 cm³/mol. The summed E-state index contributed by atoms with van der Waals surface area (Å²) in [7, 11) is 0. The van der Waals surface area contributed by atoms with Gasteiger partial charge in [-0.05, 0) is 121 Å². The van der Waals surface area contributed by atoms with Gasteiger partial charge in [0.05, 0.1) is 35.7 Å². The minimum Gasteiger partial charge on any atom is -0.485 e. The van der Waals surface area contributed by atoms with Crippen LogP contribution in [0.1, 0.15) is 70.6 Å². The van der Waals surface area contributed by atoms with Crippen molar-refractivity contribution in [2.24, 2.45) is 0 Å². The van der Waals surface area contributed by atoms with Crippen molar-refractivity contribution in [3.63, 3.8) is 0 Å². The Hall–Kier alpha value is -8.31. The number of hydrogen-bond donors (Lipinski definition) is 0. The quantitative estimate of drug-likeness (QED) is 0.104. The monoisotopic (exact) mass is 983 g/mol. The van der Waals surface area contributed by atoms with Gasteiger partial charge >= 0.3 is 0 Å². The zero-order valence-corrected chi connectivity index (χ0v) is 40.2. The molecule has 0 aliphatic heterocycles. The first kappa shape index (κ1) is 49.6. The van der Waals surface area contributed by atoms with Gasteiger partial charge < -0.3 is 27.9 Å². The van der Waals surface area contributed by atoms with Crippen LogP contribution in [-0.4, -0.2) is 28.7 Å². The van der Waals surface area contributed by atoms with E-state index in [0.717, 1.165) is 27.8 Å². The van der Waals surface area contributed by atoms with E-state index >= 15 is 0 Å². The highest BCUT2D eigenvalue weighted by Gasteiger charge is 2.14. The van der Waals surface area contributed by atoms with Gasteiger partial charge in [0, 0.05) is 71.9 Å². The highest BCUT2D eigenvalue weighted by molar-refractivity contribution is 6.31. The van der Waals surface area contributed by atoms with E-state index in [1.165, 1.54) is 0 Å². The largest absolute Gasteiger partial charge is 0.485 e. The number of aromatic nitrogens is 6. The number of rotatable bonds is 14. The summed E-state index contributed by atoms with van der Waals surface area (Å²) in [5.74, 6) is 2.27. The predicted octanol–water partition coefficient (Wildman–Crippen LogP) is 13.4. The first-order valence-corrected chi connectivity index (χ1v) is 22.9. The molecule has 0 amide bonds. The molecule has 9 rings (SSSR count). The normalized spacial score (nSPS) is 11.2. The molecule has 15 heteroatoms. The molecule has 0 bridgehead atoms. The van der Waals surface area contributed by atoms with Gasteiger partial charge in [-0.15, -0.1) is 0 Å². The highest BCUT2D eigenvalue weighted by atomic mass is 35.5. The number of nitriles is 3. The summed E-state index contributed by atoms with van der Waals surface area (Å²) >= 11 is 17.9. The number of halogens is 3. The molecule has 0 fully saturated rings. The summed E-state index contributed by atoms with van der Waals surface area (Å²) in [4.78, 5) is 12.1. The van der Waals surface area contributed by atoms with E-state index in [1.54, 1.807) is 80.0 Å². The molecule has 348 valence electrons. The highest BCUT2D eigenvalue weighted by Crippen LogP contribution is 2.31. The number of hydrogen-bond acceptors (Lipinski definition) is 9. The second kappa shape index (κ2) is 24.6. The third-order valence-corrected chi connectivity index (χ3v) is 11.3. The van der Waals surface area contributed by atoms with Gasteiger partial charge in [-0.2, -0.15) is 15.8 Å². The molecule has 0 aliphatic rings. The standard InChI is InChI=1S/2C19H16ClN3O.C17H12ClN3O/c1-14(16-4-6-18(20)7-5-16)24-19-10-15(2-3-17(19)11-21)12-23-9-8-22-13-23;1-14(16-3-2-4-18(20)10-16)24-19-9-15(5-6-17(19)11-21)12-23-8-7-22-13-23;18-15-2-1-3-16(9-15)22-17-8-13(4-5-14(17)10-19)11-21-7-6-20-12-21/h2*2-10,13-14H,12H2,1H3;1-9,12H,11H2. The molecule has 0 aliphatic carbocycles. The van der Waals surface area contributed by atoms with Crippen molar-refractivity contribution in [1.82, 2.24) is 28.7 Å². The van der Waals surface area contributed by atoms with Gasteiger partial charge in [0.15, 0.2) is 0 Å². The van der Waals surface area contributed by atoms with Gasteiger partial charge in [0.2, 0.25) is 0 Å². The first-order valence-electron chi connectivity index (χ1n) is 21.8. The second-order valence-corrected chi connectivity index (χ2v) is 17.0. The van der Waals surface area contributed by atoms with Gasteiger partial charge in [0.1, 0.15) is 53.4 Å². The number of benzene rings is 6. The second-order valence-electron chi connectivity index (χ2n) is 15.7. The smallest absolute Gasteiger partial charge is 0.145 e. The van der Waals surface area contributed by atoms with Gasteiger partial charge in [-0.3, -0.25) is 0 Å². The molecule has 0 spiro atoms. The minimum atomic E-state index is -0.209. The van der Waals surface area contributed by atoms with Crippen molar-refractivity contribution >= 4 is 34.8 Å². The van der Waals surface area contributed by atoms with E-state index in [9.17, 15) is 15.8 Å². The van der Waals surface area contributed by atoms with Crippen LogP contribution in [0, 0.1) is 34.0 Å². The van der Waals surface area contributed by atoms with Crippen LogP contribution in [0.2, 0.25) is 15.1 Å². The lowest BCUT2D eigenvalue weighted by Crippen LogP contribution is -2.05. The van der Waals surface area contributed by atoms with E-state index in [1.807, 2.05) is 131 Å². The fourth-order valence-electron chi connectivity index (χ4n) is 6.99. The van der Waals surface area contributed by atoms with Crippen LogP contribution in [-0.2, 0) is 19.6 Å². The molecule has 2 atom stereocenters. The molecule has 70 heavy (non-hydrogen) atoms. The van der Waals surface area contributed by atoms with E-state index in [2.05, 4.69) is 33.2 Å². The Balaban J connectivity index is 0.000000155. The fourth-order valence-corrected chi connectivity index (χ4v) is 7.50. The summed E-state index contributed by atoms with van der Waals surface area (Å²) in [5, 5.41) is 29.8. The van der Waals surface area contributed by atoms with Crippen LogP contribution >= 0.6 is 34.8 Å². The van der Waals surface area contributed by atoms with Crippen molar-refractivity contribution in [2.45, 2.75) is 45.7 Å². The van der Waals surface area contributed by atoms with Crippen LogP contribution in [0.15, 0.2) is 184 Å². The number of ether oxygens (including phenoxy) is 3. The summed E-state index contributed by atoms with van der Waals surface area (Å²) in [6.45, 7) is 5.91. The molecule has 0 N–H and O–H groups in total. The Bertz CT molecular complexity index is 3230. The Morgan fingerprint density at radius 2 is 0.900 bits per heavy atom. The van der Waals surface area contributed by atoms with Crippen LogP contribution in [0.25, 0.3) is 0 Å². The zero-order chi connectivity index (χ0) is 49.2. The zero-order valence-electron chi connectivity index (χ0n) is 38.0. The van der Waals surface area contributed by atoms with Crippen LogP contribution in [0.4, 0.5) is 0 Å². The molecule has 3 heterocycles. The van der Waals surface area contributed by atoms with E-state index in [-0.39, 0.29) is 12.2 Å². The molecule has 9 aromatic rings. The fraction of sp³-hybridized carbons (Fsp3) is 0.127.